The molecular weight excluding hydrogens is 454 g/mol. The number of nitrogens with zero attached hydrogens (tertiary/aromatic N) is 3. The van der Waals surface area contributed by atoms with Gasteiger partial charge in [0.25, 0.3) is 0 Å². The highest BCUT2D eigenvalue weighted by atomic mass is 35.5. The van der Waals surface area contributed by atoms with Gasteiger partial charge in [0, 0.05) is 34.4 Å². The number of amides is 2. The Balaban J connectivity index is 1.76. The number of H-pyrrole nitrogens is 1. The summed E-state index contributed by atoms with van der Waals surface area (Å²) in [7, 11) is 2.50. The Morgan fingerprint density at radius 2 is 1.70 bits per heavy atom. The number of ether oxygens (including phenoxy) is 2. The van der Waals surface area contributed by atoms with E-state index in [2.05, 4.69) is 9.97 Å². The van der Waals surface area contributed by atoms with Gasteiger partial charge in [-0.05, 0) is 30.3 Å². The van der Waals surface area contributed by atoms with Crippen LogP contribution in [-0.2, 0) is 6.54 Å². The van der Waals surface area contributed by atoms with Crippen molar-refractivity contribution in [2.45, 2.75) is 6.54 Å². The van der Waals surface area contributed by atoms with E-state index >= 15 is 8.78 Å². The molecule has 0 unspecified atom stereocenters. The third kappa shape index (κ3) is 3.23. The summed E-state index contributed by atoms with van der Waals surface area (Å²) in [5.41, 5.74) is 1.64. The SMILES string of the molecule is COc1cc(OC)c(F)c(N2Cc3cnc4[nH]ccc4c3N(c3ccc(Cl)cc3)C2=O)c1F. The number of anilines is 3. The molecule has 0 radical (unpaired) electrons. The number of methoxy groups -OCH3 is 2. The van der Waals surface area contributed by atoms with Gasteiger partial charge in [-0.2, -0.15) is 0 Å². The summed E-state index contributed by atoms with van der Waals surface area (Å²) in [6.45, 7) is -0.115. The van der Waals surface area contributed by atoms with E-state index in [4.69, 9.17) is 21.1 Å². The van der Waals surface area contributed by atoms with E-state index in [-0.39, 0.29) is 18.0 Å². The lowest BCUT2D eigenvalue weighted by Crippen LogP contribution is -2.46. The van der Waals surface area contributed by atoms with Crippen LogP contribution in [-0.4, -0.2) is 30.2 Å². The molecule has 2 aromatic heterocycles. The average molecular weight is 471 g/mol. The summed E-state index contributed by atoms with van der Waals surface area (Å²) in [6.07, 6.45) is 3.28. The summed E-state index contributed by atoms with van der Waals surface area (Å²) >= 11 is 6.04. The largest absolute Gasteiger partial charge is 0.493 e. The van der Waals surface area contributed by atoms with E-state index < -0.39 is 23.4 Å². The molecule has 7 nitrogen and oxygen atoms in total. The highest BCUT2D eigenvalue weighted by Gasteiger charge is 2.38. The Labute approximate surface area is 192 Å². The summed E-state index contributed by atoms with van der Waals surface area (Å²) in [6, 6.07) is 8.81. The van der Waals surface area contributed by atoms with Gasteiger partial charge in [-0.15, -0.1) is 0 Å². The predicted octanol–water partition coefficient (Wildman–Crippen LogP) is 5.79. The zero-order valence-corrected chi connectivity index (χ0v) is 18.3. The van der Waals surface area contributed by atoms with Gasteiger partial charge in [0.15, 0.2) is 23.1 Å². The molecule has 0 saturated carbocycles. The topological polar surface area (TPSA) is 70.7 Å². The van der Waals surface area contributed by atoms with Crippen molar-refractivity contribution in [3.05, 3.63) is 71.0 Å². The number of carbonyl (C=O) groups excluding carboxylic acids is 1. The number of hydrogen-bond donors (Lipinski definition) is 1. The van der Waals surface area contributed by atoms with Gasteiger partial charge in [-0.3, -0.25) is 9.80 Å². The number of halogens is 3. The van der Waals surface area contributed by atoms with Crippen molar-refractivity contribution in [1.82, 2.24) is 9.97 Å². The molecule has 10 heteroatoms. The quantitative estimate of drug-likeness (QED) is 0.410. The Kier molecular flexibility index (Phi) is 5.05. The number of aromatic amines is 1. The van der Waals surface area contributed by atoms with Crippen LogP contribution in [0.1, 0.15) is 5.56 Å². The van der Waals surface area contributed by atoms with E-state index in [1.807, 2.05) is 0 Å². The fraction of sp³-hybridized carbons (Fsp3) is 0.130. The number of benzene rings is 2. The van der Waals surface area contributed by atoms with E-state index in [1.165, 1.54) is 19.1 Å². The van der Waals surface area contributed by atoms with E-state index in [0.717, 1.165) is 11.0 Å². The molecule has 0 fully saturated rings. The number of pyridine rings is 1. The van der Waals surface area contributed by atoms with Crippen LogP contribution < -0.4 is 19.3 Å². The molecule has 0 atom stereocenters. The van der Waals surface area contributed by atoms with Gasteiger partial charge in [-0.1, -0.05) is 11.6 Å². The first-order valence-electron chi connectivity index (χ1n) is 9.86. The van der Waals surface area contributed by atoms with Crippen molar-refractivity contribution in [3.8, 4) is 11.5 Å². The van der Waals surface area contributed by atoms with Crippen LogP contribution >= 0.6 is 11.6 Å². The van der Waals surface area contributed by atoms with Gasteiger partial charge in [0.05, 0.1) is 32.1 Å². The van der Waals surface area contributed by atoms with Gasteiger partial charge < -0.3 is 14.5 Å². The van der Waals surface area contributed by atoms with Crippen molar-refractivity contribution in [2.75, 3.05) is 24.0 Å². The average Bonchev–Trinajstić information content (AvgIpc) is 3.30. The molecule has 4 aromatic rings. The molecule has 168 valence electrons. The highest BCUT2D eigenvalue weighted by Crippen LogP contribution is 2.44. The molecule has 3 heterocycles. The molecule has 2 aromatic carbocycles. The van der Waals surface area contributed by atoms with Crippen molar-refractivity contribution in [3.63, 3.8) is 0 Å². The third-order valence-corrected chi connectivity index (χ3v) is 5.77. The van der Waals surface area contributed by atoms with Crippen LogP contribution in [0.2, 0.25) is 5.02 Å². The number of hydrogen-bond acceptors (Lipinski definition) is 4. The zero-order valence-electron chi connectivity index (χ0n) is 17.5. The van der Waals surface area contributed by atoms with Crippen LogP contribution in [0.5, 0.6) is 11.5 Å². The Hall–Kier alpha value is -3.85. The maximum Gasteiger partial charge on any atom is 0.334 e. The molecule has 0 aliphatic carbocycles. The number of rotatable bonds is 4. The predicted molar refractivity (Wildman–Crippen MR) is 121 cm³/mol. The molecular formula is C23H17ClF2N4O3. The summed E-state index contributed by atoms with van der Waals surface area (Å²) in [4.78, 5) is 23.6. The maximum absolute atomic E-state index is 15.3. The molecule has 0 spiro atoms. The molecule has 0 saturated heterocycles. The van der Waals surface area contributed by atoms with Crippen LogP contribution in [0.25, 0.3) is 11.0 Å². The van der Waals surface area contributed by atoms with Gasteiger partial charge in [-0.25, -0.2) is 18.6 Å². The second-order valence-electron chi connectivity index (χ2n) is 7.31. The fourth-order valence-corrected chi connectivity index (χ4v) is 4.11. The van der Waals surface area contributed by atoms with Gasteiger partial charge in [0.2, 0.25) is 0 Å². The van der Waals surface area contributed by atoms with Crippen LogP contribution in [0.4, 0.5) is 30.6 Å². The second-order valence-corrected chi connectivity index (χ2v) is 7.75. The van der Waals surface area contributed by atoms with Crippen molar-refractivity contribution in [2.24, 2.45) is 0 Å². The molecule has 1 aliphatic rings. The van der Waals surface area contributed by atoms with Crippen LogP contribution in [0, 0.1) is 11.6 Å². The fourth-order valence-electron chi connectivity index (χ4n) is 3.98. The molecule has 1 aliphatic heterocycles. The molecule has 1 N–H and O–H groups in total. The van der Waals surface area contributed by atoms with E-state index in [1.54, 1.807) is 42.7 Å². The standard InChI is InChI=1S/C23H17ClF2N4O3/c1-32-16-9-17(33-2)19(26)21(18(16)25)29-11-12-10-28-22-15(7-8-27-22)20(12)30(23(29)31)14-5-3-13(24)4-6-14/h3-10H,11H2,1-2H3,(H,27,28). The molecule has 0 bridgehead atoms. The number of urea groups is 1. The van der Waals surface area contributed by atoms with E-state index in [0.29, 0.717) is 33.0 Å². The Morgan fingerprint density at radius 3 is 2.33 bits per heavy atom. The minimum Gasteiger partial charge on any atom is -0.493 e. The van der Waals surface area contributed by atoms with Crippen molar-refractivity contribution < 1.29 is 23.0 Å². The Bertz CT molecular complexity index is 1360. The monoisotopic (exact) mass is 470 g/mol. The van der Waals surface area contributed by atoms with Crippen LogP contribution in [0.15, 0.2) is 48.8 Å². The molecule has 2 amide bonds. The normalized spacial score (nSPS) is 13.4. The summed E-state index contributed by atoms with van der Waals surface area (Å²) in [5.74, 6) is -2.53. The molecule has 33 heavy (non-hydrogen) atoms. The minimum atomic E-state index is -1.01. The zero-order chi connectivity index (χ0) is 23.3. The third-order valence-electron chi connectivity index (χ3n) is 5.51. The number of carbonyl (C=O) groups is 1. The lowest BCUT2D eigenvalue weighted by atomic mass is 10.1. The summed E-state index contributed by atoms with van der Waals surface area (Å²) < 4.78 is 40.7. The number of nitrogens with one attached hydrogen (secondary N) is 1. The van der Waals surface area contributed by atoms with Crippen LogP contribution in [0.3, 0.4) is 0 Å². The maximum atomic E-state index is 15.3. The van der Waals surface area contributed by atoms with E-state index in [9.17, 15) is 4.79 Å². The second kappa shape index (κ2) is 7.93. The van der Waals surface area contributed by atoms with Crippen molar-refractivity contribution >= 4 is 45.7 Å². The molecule has 5 rings (SSSR count). The lowest BCUT2D eigenvalue weighted by molar-refractivity contribution is 0.251. The first-order valence-corrected chi connectivity index (χ1v) is 10.2. The van der Waals surface area contributed by atoms with Gasteiger partial charge in [0.1, 0.15) is 11.3 Å². The highest BCUT2D eigenvalue weighted by molar-refractivity contribution is 6.30. The first kappa shape index (κ1) is 21.0. The van der Waals surface area contributed by atoms with Crippen molar-refractivity contribution in [1.29, 1.82) is 0 Å². The minimum absolute atomic E-state index is 0.115. The number of aromatic nitrogens is 2. The smallest absolute Gasteiger partial charge is 0.334 e. The Morgan fingerprint density at radius 1 is 1.03 bits per heavy atom. The lowest BCUT2D eigenvalue weighted by Gasteiger charge is -2.37. The number of fused-ring (bicyclic) bond motifs is 3. The summed E-state index contributed by atoms with van der Waals surface area (Å²) in [5, 5.41) is 1.18. The first-order chi connectivity index (χ1) is 15.9. The van der Waals surface area contributed by atoms with Gasteiger partial charge >= 0.3 is 6.03 Å².